The molecular formula is C19H27N3. The first kappa shape index (κ1) is 16.5. The van der Waals surface area contributed by atoms with Crippen LogP contribution in [-0.2, 0) is 19.4 Å². The average Bonchev–Trinajstić information content (AvgIpc) is 2.98. The van der Waals surface area contributed by atoms with Crippen LogP contribution in [0.4, 0.5) is 0 Å². The standard InChI is InChI=1S/C19H27N3/c1-5-16(3)18-14-15(2)6-7-17(18)8-9-19-21-11-13-22(19)12-10-20-4/h6-7,11,13-14,20H,3,5,8-10,12H2,1-2,4H3. The molecule has 0 aliphatic rings. The molecule has 0 aliphatic carbocycles. The van der Waals surface area contributed by atoms with Crippen LogP contribution in [0.2, 0.25) is 0 Å². The van der Waals surface area contributed by atoms with Crippen molar-refractivity contribution in [2.75, 3.05) is 13.6 Å². The van der Waals surface area contributed by atoms with Gasteiger partial charge in [0.2, 0.25) is 0 Å². The Hall–Kier alpha value is -1.87. The zero-order valence-electron chi connectivity index (χ0n) is 14.0. The van der Waals surface area contributed by atoms with Crippen molar-refractivity contribution >= 4 is 5.57 Å². The van der Waals surface area contributed by atoms with Crippen LogP contribution in [0.5, 0.6) is 0 Å². The average molecular weight is 297 g/mol. The number of aryl methyl sites for hydroxylation is 3. The lowest BCUT2D eigenvalue weighted by Gasteiger charge is -2.13. The molecule has 0 bridgehead atoms. The maximum absolute atomic E-state index is 4.51. The van der Waals surface area contributed by atoms with Crippen molar-refractivity contribution in [2.24, 2.45) is 0 Å². The van der Waals surface area contributed by atoms with Crippen LogP contribution in [0.3, 0.4) is 0 Å². The van der Waals surface area contributed by atoms with Crippen molar-refractivity contribution in [1.29, 1.82) is 0 Å². The minimum absolute atomic E-state index is 0.962. The Bertz CT molecular complexity index is 625. The fourth-order valence-corrected chi connectivity index (χ4v) is 2.68. The molecule has 0 saturated heterocycles. The molecular weight excluding hydrogens is 270 g/mol. The summed E-state index contributed by atoms with van der Waals surface area (Å²) in [6, 6.07) is 6.69. The number of rotatable bonds is 8. The lowest BCUT2D eigenvalue weighted by Crippen LogP contribution is -2.16. The molecule has 1 heterocycles. The van der Waals surface area contributed by atoms with Crippen molar-refractivity contribution < 1.29 is 0 Å². The molecule has 0 fully saturated rings. The summed E-state index contributed by atoms with van der Waals surface area (Å²) in [5, 5.41) is 3.18. The normalized spacial score (nSPS) is 10.9. The third-order valence-electron chi connectivity index (χ3n) is 4.10. The number of imidazole rings is 1. The van der Waals surface area contributed by atoms with Gasteiger partial charge in [-0.25, -0.2) is 4.98 Å². The van der Waals surface area contributed by atoms with Crippen LogP contribution in [0.25, 0.3) is 5.57 Å². The largest absolute Gasteiger partial charge is 0.334 e. The summed E-state index contributed by atoms with van der Waals surface area (Å²) in [5.74, 6) is 1.16. The molecule has 1 aromatic carbocycles. The van der Waals surface area contributed by atoms with Crippen molar-refractivity contribution in [2.45, 2.75) is 39.7 Å². The van der Waals surface area contributed by atoms with Gasteiger partial charge in [-0.15, -0.1) is 0 Å². The van der Waals surface area contributed by atoms with Crippen LogP contribution >= 0.6 is 0 Å². The van der Waals surface area contributed by atoms with E-state index in [1.54, 1.807) is 0 Å². The third kappa shape index (κ3) is 4.08. The maximum atomic E-state index is 4.51. The predicted octanol–water partition coefficient (Wildman–Crippen LogP) is 3.62. The highest BCUT2D eigenvalue weighted by Gasteiger charge is 2.08. The van der Waals surface area contributed by atoms with Gasteiger partial charge in [0.1, 0.15) is 5.82 Å². The van der Waals surface area contributed by atoms with Gasteiger partial charge in [-0.1, -0.05) is 37.3 Å². The number of nitrogens with zero attached hydrogens (tertiary/aromatic N) is 2. The molecule has 3 nitrogen and oxygen atoms in total. The predicted molar refractivity (Wildman–Crippen MR) is 94.1 cm³/mol. The highest BCUT2D eigenvalue weighted by Crippen LogP contribution is 2.23. The van der Waals surface area contributed by atoms with Crippen LogP contribution < -0.4 is 5.32 Å². The Morgan fingerprint density at radius 3 is 2.86 bits per heavy atom. The van der Waals surface area contributed by atoms with E-state index in [-0.39, 0.29) is 0 Å². The van der Waals surface area contributed by atoms with E-state index in [9.17, 15) is 0 Å². The zero-order chi connectivity index (χ0) is 15.9. The van der Waals surface area contributed by atoms with Gasteiger partial charge in [0.15, 0.2) is 0 Å². The number of hydrogen-bond acceptors (Lipinski definition) is 2. The van der Waals surface area contributed by atoms with E-state index < -0.39 is 0 Å². The summed E-state index contributed by atoms with van der Waals surface area (Å²) in [6.07, 6.45) is 6.92. The topological polar surface area (TPSA) is 29.9 Å². The maximum Gasteiger partial charge on any atom is 0.108 e. The lowest BCUT2D eigenvalue weighted by atomic mass is 9.94. The van der Waals surface area contributed by atoms with E-state index in [4.69, 9.17) is 0 Å². The Morgan fingerprint density at radius 2 is 2.14 bits per heavy atom. The van der Waals surface area contributed by atoms with E-state index in [1.807, 2.05) is 13.2 Å². The van der Waals surface area contributed by atoms with E-state index >= 15 is 0 Å². The van der Waals surface area contributed by atoms with E-state index in [0.29, 0.717) is 0 Å². The molecule has 0 radical (unpaired) electrons. The SMILES string of the molecule is C=C(CC)c1cc(C)ccc1CCc1nccn1CCNC. The molecule has 1 N–H and O–H groups in total. The summed E-state index contributed by atoms with van der Waals surface area (Å²) in [5.41, 5.74) is 5.21. The Kier molecular flexibility index (Phi) is 5.96. The highest BCUT2D eigenvalue weighted by atomic mass is 15.1. The van der Waals surface area contributed by atoms with Crippen LogP contribution in [-0.4, -0.2) is 23.1 Å². The number of allylic oxidation sites excluding steroid dienone is 1. The first-order valence-corrected chi connectivity index (χ1v) is 8.08. The third-order valence-corrected chi connectivity index (χ3v) is 4.10. The summed E-state index contributed by atoms with van der Waals surface area (Å²) in [7, 11) is 1.98. The van der Waals surface area contributed by atoms with E-state index in [1.165, 1.54) is 22.3 Å². The molecule has 3 heteroatoms. The quantitative estimate of drug-likeness (QED) is 0.806. The molecule has 0 unspecified atom stereocenters. The molecule has 2 rings (SSSR count). The smallest absolute Gasteiger partial charge is 0.108 e. The second-order valence-corrected chi connectivity index (χ2v) is 5.76. The monoisotopic (exact) mass is 297 g/mol. The van der Waals surface area contributed by atoms with Gasteiger partial charge in [0, 0.05) is 31.9 Å². The fraction of sp³-hybridized carbons (Fsp3) is 0.421. The van der Waals surface area contributed by atoms with Gasteiger partial charge in [0.25, 0.3) is 0 Å². The molecule has 2 aromatic rings. The van der Waals surface area contributed by atoms with Gasteiger partial charge in [-0.2, -0.15) is 0 Å². The Balaban J connectivity index is 2.12. The summed E-state index contributed by atoms with van der Waals surface area (Å²) in [4.78, 5) is 4.51. The molecule has 0 amide bonds. The first-order valence-electron chi connectivity index (χ1n) is 8.08. The molecule has 1 aromatic heterocycles. The van der Waals surface area contributed by atoms with Gasteiger partial charge in [0.05, 0.1) is 0 Å². The van der Waals surface area contributed by atoms with Crippen LogP contribution in [0.1, 0.15) is 35.9 Å². The van der Waals surface area contributed by atoms with Crippen molar-refractivity contribution in [1.82, 2.24) is 14.9 Å². The summed E-state index contributed by atoms with van der Waals surface area (Å²) < 4.78 is 2.24. The molecule has 0 spiro atoms. The molecule has 22 heavy (non-hydrogen) atoms. The molecule has 0 saturated carbocycles. The summed E-state index contributed by atoms with van der Waals surface area (Å²) in [6.45, 7) is 10.5. The summed E-state index contributed by atoms with van der Waals surface area (Å²) >= 11 is 0. The number of aromatic nitrogens is 2. The van der Waals surface area contributed by atoms with Gasteiger partial charge in [-0.05, 0) is 43.5 Å². The molecule has 118 valence electrons. The first-order chi connectivity index (χ1) is 10.7. The van der Waals surface area contributed by atoms with Crippen LogP contribution in [0.15, 0.2) is 37.2 Å². The molecule has 0 aliphatic heterocycles. The van der Waals surface area contributed by atoms with Gasteiger partial charge < -0.3 is 9.88 Å². The number of likely N-dealkylation sites (N-methyl/N-ethyl adjacent to an activating group) is 1. The second kappa shape index (κ2) is 7.95. The number of nitrogens with one attached hydrogen (secondary N) is 1. The fourth-order valence-electron chi connectivity index (χ4n) is 2.68. The van der Waals surface area contributed by atoms with Gasteiger partial charge >= 0.3 is 0 Å². The number of benzene rings is 1. The number of hydrogen-bond donors (Lipinski definition) is 1. The van der Waals surface area contributed by atoms with Crippen molar-refractivity contribution in [3.05, 3.63) is 59.7 Å². The van der Waals surface area contributed by atoms with E-state index in [0.717, 1.165) is 38.2 Å². The molecule has 0 atom stereocenters. The Labute approximate surface area is 134 Å². The van der Waals surface area contributed by atoms with Crippen molar-refractivity contribution in [3.8, 4) is 0 Å². The van der Waals surface area contributed by atoms with Crippen molar-refractivity contribution in [3.63, 3.8) is 0 Å². The zero-order valence-corrected chi connectivity index (χ0v) is 14.0. The Morgan fingerprint density at radius 1 is 1.32 bits per heavy atom. The van der Waals surface area contributed by atoms with Gasteiger partial charge in [-0.3, -0.25) is 0 Å². The van der Waals surface area contributed by atoms with E-state index in [2.05, 4.69) is 59.7 Å². The lowest BCUT2D eigenvalue weighted by molar-refractivity contribution is 0.612. The highest BCUT2D eigenvalue weighted by molar-refractivity contribution is 5.66. The van der Waals surface area contributed by atoms with Crippen LogP contribution in [0, 0.1) is 6.92 Å². The minimum Gasteiger partial charge on any atom is -0.334 e. The second-order valence-electron chi connectivity index (χ2n) is 5.76. The minimum atomic E-state index is 0.962.